The molecule has 1 aromatic heterocycles. The van der Waals surface area contributed by atoms with Crippen LogP contribution in [0.5, 0.6) is 5.75 Å². The summed E-state index contributed by atoms with van der Waals surface area (Å²) in [6.07, 6.45) is 8.01. The molecule has 1 saturated carbocycles. The molecule has 1 aliphatic rings. The van der Waals surface area contributed by atoms with Gasteiger partial charge in [-0.05, 0) is 37.5 Å². The van der Waals surface area contributed by atoms with Crippen molar-refractivity contribution in [3.8, 4) is 5.75 Å². The van der Waals surface area contributed by atoms with E-state index in [0.29, 0.717) is 11.4 Å². The van der Waals surface area contributed by atoms with E-state index >= 15 is 0 Å². The normalized spacial score (nSPS) is 15.0. The Bertz CT molecular complexity index is 804. The third-order valence-corrected chi connectivity index (χ3v) is 4.81. The van der Waals surface area contributed by atoms with Crippen LogP contribution in [0.3, 0.4) is 0 Å². The van der Waals surface area contributed by atoms with Crippen LogP contribution < -0.4 is 15.4 Å². The summed E-state index contributed by atoms with van der Waals surface area (Å²) in [5.41, 5.74) is 1.48. The Kier molecular flexibility index (Phi) is 6.05. The molecule has 1 fully saturated rings. The van der Waals surface area contributed by atoms with Crippen molar-refractivity contribution in [3.63, 3.8) is 0 Å². The number of hydrogen-bond donors (Lipinski definition) is 2. The first-order valence-electron chi connectivity index (χ1n) is 9.26. The van der Waals surface area contributed by atoms with Crippen molar-refractivity contribution in [2.75, 3.05) is 17.7 Å². The molecule has 3 rings (SSSR count). The molecule has 0 atom stereocenters. The standard InChI is InChI=1S/C19H25N5O3/c1-13-9-10-16(27-2)15(11-13)23-19-17(24(25)26)18(20-12-21-19)22-14-7-5-3-4-6-8-14/h9-12,14H,3-8H2,1-2H3,(H2,20,21,22,23). The van der Waals surface area contributed by atoms with Gasteiger partial charge in [-0.15, -0.1) is 0 Å². The molecule has 0 radical (unpaired) electrons. The summed E-state index contributed by atoms with van der Waals surface area (Å²) in [6, 6.07) is 5.79. The summed E-state index contributed by atoms with van der Waals surface area (Å²) in [5.74, 6) is 0.998. The minimum absolute atomic E-state index is 0.148. The molecule has 8 heteroatoms. The van der Waals surface area contributed by atoms with Crippen LogP contribution in [0.2, 0.25) is 0 Å². The van der Waals surface area contributed by atoms with Gasteiger partial charge in [0.1, 0.15) is 12.1 Å². The molecule has 1 heterocycles. The lowest BCUT2D eigenvalue weighted by Crippen LogP contribution is -2.20. The number of methoxy groups -OCH3 is 1. The SMILES string of the molecule is COc1ccc(C)cc1Nc1ncnc(NC2CCCCCC2)c1[N+](=O)[O-]. The Hall–Kier alpha value is -2.90. The zero-order valence-electron chi connectivity index (χ0n) is 15.7. The summed E-state index contributed by atoms with van der Waals surface area (Å²) >= 11 is 0. The predicted molar refractivity (Wildman–Crippen MR) is 105 cm³/mol. The van der Waals surface area contributed by atoms with Gasteiger partial charge < -0.3 is 15.4 Å². The molecule has 144 valence electrons. The number of ether oxygens (including phenoxy) is 1. The maximum atomic E-state index is 11.8. The van der Waals surface area contributed by atoms with Crippen LogP contribution in [0.15, 0.2) is 24.5 Å². The summed E-state index contributed by atoms with van der Waals surface area (Å²) in [7, 11) is 1.56. The lowest BCUT2D eigenvalue weighted by Gasteiger charge is -2.18. The maximum absolute atomic E-state index is 11.8. The van der Waals surface area contributed by atoms with Crippen LogP contribution in [-0.4, -0.2) is 28.0 Å². The van der Waals surface area contributed by atoms with E-state index in [1.54, 1.807) is 7.11 Å². The van der Waals surface area contributed by atoms with Crippen LogP contribution >= 0.6 is 0 Å². The first-order valence-corrected chi connectivity index (χ1v) is 9.26. The molecule has 0 bridgehead atoms. The van der Waals surface area contributed by atoms with Crippen molar-refractivity contribution in [2.45, 2.75) is 51.5 Å². The Morgan fingerprint density at radius 1 is 1.15 bits per heavy atom. The molecular formula is C19H25N5O3. The Labute approximate surface area is 158 Å². The van der Waals surface area contributed by atoms with Crippen molar-refractivity contribution in [1.29, 1.82) is 0 Å². The molecule has 27 heavy (non-hydrogen) atoms. The molecule has 2 aromatic rings. The van der Waals surface area contributed by atoms with Crippen molar-refractivity contribution in [3.05, 3.63) is 40.2 Å². The zero-order valence-corrected chi connectivity index (χ0v) is 15.7. The van der Waals surface area contributed by atoms with Crippen LogP contribution in [0.25, 0.3) is 0 Å². The molecule has 2 N–H and O–H groups in total. The minimum atomic E-state index is -0.441. The Balaban J connectivity index is 1.92. The van der Waals surface area contributed by atoms with Gasteiger partial charge in [0, 0.05) is 6.04 Å². The monoisotopic (exact) mass is 371 g/mol. The minimum Gasteiger partial charge on any atom is -0.495 e. The highest BCUT2D eigenvalue weighted by atomic mass is 16.6. The third kappa shape index (κ3) is 4.64. The van der Waals surface area contributed by atoms with Gasteiger partial charge in [-0.3, -0.25) is 10.1 Å². The maximum Gasteiger partial charge on any atom is 0.353 e. The lowest BCUT2D eigenvalue weighted by atomic mass is 10.1. The first kappa shape index (κ1) is 18.9. The van der Waals surface area contributed by atoms with Crippen molar-refractivity contribution >= 4 is 23.0 Å². The molecule has 0 saturated heterocycles. The van der Waals surface area contributed by atoms with Crippen LogP contribution in [-0.2, 0) is 0 Å². The first-order chi connectivity index (χ1) is 13.1. The number of anilines is 3. The van der Waals surface area contributed by atoms with Crippen LogP contribution in [0, 0.1) is 17.0 Å². The quantitative estimate of drug-likeness (QED) is 0.435. The zero-order chi connectivity index (χ0) is 19.2. The lowest BCUT2D eigenvalue weighted by molar-refractivity contribution is -0.383. The molecule has 0 unspecified atom stereocenters. The van der Waals surface area contributed by atoms with E-state index < -0.39 is 4.92 Å². The fourth-order valence-electron chi connectivity index (χ4n) is 3.41. The number of hydrogen-bond acceptors (Lipinski definition) is 7. The Morgan fingerprint density at radius 3 is 2.52 bits per heavy atom. The molecule has 0 amide bonds. The second kappa shape index (κ2) is 8.66. The Morgan fingerprint density at radius 2 is 1.85 bits per heavy atom. The smallest absolute Gasteiger partial charge is 0.353 e. The fourth-order valence-corrected chi connectivity index (χ4v) is 3.41. The van der Waals surface area contributed by atoms with E-state index in [1.165, 1.54) is 19.2 Å². The topological polar surface area (TPSA) is 102 Å². The second-order valence-electron chi connectivity index (χ2n) is 6.84. The van der Waals surface area contributed by atoms with E-state index in [1.807, 2.05) is 25.1 Å². The number of aromatic nitrogens is 2. The average Bonchev–Trinajstić information content (AvgIpc) is 2.90. The van der Waals surface area contributed by atoms with E-state index in [-0.39, 0.29) is 23.4 Å². The van der Waals surface area contributed by atoms with Crippen molar-refractivity contribution in [1.82, 2.24) is 9.97 Å². The molecule has 8 nitrogen and oxygen atoms in total. The molecule has 1 aromatic carbocycles. The molecule has 0 spiro atoms. The van der Waals surface area contributed by atoms with Gasteiger partial charge in [-0.2, -0.15) is 0 Å². The largest absolute Gasteiger partial charge is 0.495 e. The van der Waals surface area contributed by atoms with Gasteiger partial charge in [-0.25, -0.2) is 9.97 Å². The summed E-state index contributed by atoms with van der Waals surface area (Å²) in [5, 5.41) is 18.1. The third-order valence-electron chi connectivity index (χ3n) is 4.81. The van der Waals surface area contributed by atoms with Gasteiger partial charge in [0.05, 0.1) is 17.7 Å². The highest BCUT2D eigenvalue weighted by molar-refractivity contribution is 5.76. The number of nitrogens with one attached hydrogen (secondary N) is 2. The van der Waals surface area contributed by atoms with E-state index in [9.17, 15) is 10.1 Å². The fraction of sp³-hybridized carbons (Fsp3) is 0.474. The van der Waals surface area contributed by atoms with Gasteiger partial charge in [0.25, 0.3) is 0 Å². The van der Waals surface area contributed by atoms with E-state index in [2.05, 4.69) is 20.6 Å². The highest BCUT2D eigenvalue weighted by Crippen LogP contribution is 2.35. The van der Waals surface area contributed by atoms with Gasteiger partial charge >= 0.3 is 5.69 Å². The van der Waals surface area contributed by atoms with Gasteiger partial charge in [0.2, 0.25) is 11.6 Å². The average molecular weight is 371 g/mol. The summed E-state index contributed by atoms with van der Waals surface area (Å²) < 4.78 is 5.35. The molecular weight excluding hydrogens is 346 g/mol. The van der Waals surface area contributed by atoms with Crippen LogP contribution in [0.4, 0.5) is 23.0 Å². The molecule has 0 aliphatic heterocycles. The molecule has 1 aliphatic carbocycles. The number of nitrogens with zero attached hydrogens (tertiary/aromatic N) is 3. The number of benzene rings is 1. The second-order valence-corrected chi connectivity index (χ2v) is 6.84. The number of rotatable bonds is 6. The number of aryl methyl sites for hydroxylation is 1. The van der Waals surface area contributed by atoms with Crippen molar-refractivity contribution in [2.24, 2.45) is 0 Å². The highest BCUT2D eigenvalue weighted by Gasteiger charge is 2.26. The van der Waals surface area contributed by atoms with Crippen molar-refractivity contribution < 1.29 is 9.66 Å². The van der Waals surface area contributed by atoms with Crippen LogP contribution in [0.1, 0.15) is 44.1 Å². The van der Waals surface area contributed by atoms with E-state index in [0.717, 1.165) is 31.2 Å². The summed E-state index contributed by atoms with van der Waals surface area (Å²) in [4.78, 5) is 19.6. The predicted octanol–water partition coefficient (Wildman–Crippen LogP) is 4.58. The van der Waals surface area contributed by atoms with Gasteiger partial charge in [-0.1, -0.05) is 31.7 Å². The number of nitro groups is 1. The van der Waals surface area contributed by atoms with Gasteiger partial charge in [0.15, 0.2) is 0 Å². The van der Waals surface area contributed by atoms with E-state index in [4.69, 9.17) is 4.74 Å². The summed E-state index contributed by atoms with van der Waals surface area (Å²) in [6.45, 7) is 1.94.